The van der Waals surface area contributed by atoms with Gasteiger partial charge in [0.25, 0.3) is 0 Å². The summed E-state index contributed by atoms with van der Waals surface area (Å²) in [4.78, 5) is 8.60. The molecule has 1 aromatic heterocycles. The predicted octanol–water partition coefficient (Wildman–Crippen LogP) is 4.65. The number of hydrogen-bond donors (Lipinski definition) is 0. The molecule has 0 bridgehead atoms. The summed E-state index contributed by atoms with van der Waals surface area (Å²) in [5.41, 5.74) is 1.14. The molecule has 0 atom stereocenters. The van der Waals surface area contributed by atoms with E-state index in [1.165, 1.54) is 0 Å². The van der Waals surface area contributed by atoms with Crippen molar-refractivity contribution in [1.82, 2.24) is 9.97 Å². The molecule has 0 saturated heterocycles. The van der Waals surface area contributed by atoms with Crippen LogP contribution in [0.2, 0.25) is 5.15 Å². The van der Waals surface area contributed by atoms with Crippen molar-refractivity contribution in [2.45, 2.75) is 6.42 Å². The van der Waals surface area contributed by atoms with Crippen LogP contribution in [0.1, 0.15) is 11.4 Å². The van der Waals surface area contributed by atoms with Crippen LogP contribution in [0, 0.1) is 0 Å². The average molecular weight is 364 g/mol. The summed E-state index contributed by atoms with van der Waals surface area (Å²) in [6.07, 6.45) is 2.30. The van der Waals surface area contributed by atoms with E-state index in [0.717, 1.165) is 22.1 Å². The molecule has 3 nitrogen and oxygen atoms in total. The van der Waals surface area contributed by atoms with Gasteiger partial charge in [-0.2, -0.15) is 0 Å². The van der Waals surface area contributed by atoms with Crippen molar-refractivity contribution in [3.8, 4) is 5.75 Å². The van der Waals surface area contributed by atoms with E-state index in [1.807, 2.05) is 24.3 Å². The second-order valence-corrected chi connectivity index (χ2v) is 5.82. The Labute approximate surface area is 136 Å². The maximum absolute atomic E-state index is 6.03. The fourth-order valence-electron chi connectivity index (χ4n) is 2.23. The Morgan fingerprint density at radius 2 is 2.10 bits per heavy atom. The Hall–Kier alpha value is -1.65. The second kappa shape index (κ2) is 6.00. The molecule has 0 aliphatic heterocycles. The molecule has 2 aromatic carbocycles. The maximum atomic E-state index is 6.03. The van der Waals surface area contributed by atoms with E-state index in [4.69, 9.17) is 16.3 Å². The van der Waals surface area contributed by atoms with Crippen molar-refractivity contribution < 1.29 is 4.74 Å². The molecule has 5 heteroatoms. The summed E-state index contributed by atoms with van der Waals surface area (Å²) in [5.74, 6) is 1.53. The third kappa shape index (κ3) is 3.01. The van der Waals surface area contributed by atoms with Gasteiger partial charge in [-0.05, 0) is 44.4 Å². The molecule has 0 aliphatic carbocycles. The highest BCUT2D eigenvalue weighted by molar-refractivity contribution is 9.10. The summed E-state index contributed by atoms with van der Waals surface area (Å²) in [6.45, 7) is 0. The van der Waals surface area contributed by atoms with Crippen LogP contribution >= 0.6 is 27.5 Å². The van der Waals surface area contributed by atoms with Crippen LogP contribution in [-0.4, -0.2) is 17.1 Å². The average Bonchev–Trinajstić information content (AvgIpc) is 2.51. The first-order valence-electron chi connectivity index (χ1n) is 6.40. The summed E-state index contributed by atoms with van der Waals surface area (Å²) >= 11 is 9.33. The van der Waals surface area contributed by atoms with Gasteiger partial charge in [0.2, 0.25) is 0 Å². The van der Waals surface area contributed by atoms with Gasteiger partial charge in [0.1, 0.15) is 16.7 Å². The van der Waals surface area contributed by atoms with Crippen LogP contribution in [0.25, 0.3) is 10.8 Å². The fourth-order valence-corrected chi connectivity index (χ4v) is 2.57. The lowest BCUT2D eigenvalue weighted by atomic mass is 10.0. The molecule has 0 radical (unpaired) electrons. The third-order valence-corrected chi connectivity index (χ3v) is 4.38. The summed E-state index contributed by atoms with van der Waals surface area (Å²) in [7, 11) is 1.67. The highest BCUT2D eigenvalue weighted by Crippen LogP contribution is 2.26. The zero-order valence-corrected chi connectivity index (χ0v) is 13.6. The third-order valence-electron chi connectivity index (χ3n) is 3.28. The van der Waals surface area contributed by atoms with Crippen LogP contribution in [-0.2, 0) is 6.42 Å². The molecule has 3 aromatic rings. The lowest BCUT2D eigenvalue weighted by Crippen LogP contribution is -1.98. The van der Waals surface area contributed by atoms with Gasteiger partial charge in [-0.1, -0.05) is 35.9 Å². The SMILES string of the molecule is COc1ccc2cccc(Cc3ncc(Br)c(Cl)n3)c2c1. The summed E-state index contributed by atoms with van der Waals surface area (Å²) in [5, 5.41) is 2.73. The Morgan fingerprint density at radius 1 is 1.24 bits per heavy atom. The Balaban J connectivity index is 2.05. The zero-order valence-electron chi connectivity index (χ0n) is 11.3. The molecular formula is C16H12BrClN2O. The van der Waals surface area contributed by atoms with Crippen LogP contribution in [0.4, 0.5) is 0 Å². The number of ether oxygens (including phenoxy) is 1. The van der Waals surface area contributed by atoms with Crippen molar-refractivity contribution in [2.75, 3.05) is 7.11 Å². The monoisotopic (exact) mass is 362 g/mol. The van der Waals surface area contributed by atoms with E-state index < -0.39 is 0 Å². The molecule has 0 saturated carbocycles. The Morgan fingerprint density at radius 3 is 2.86 bits per heavy atom. The lowest BCUT2D eigenvalue weighted by molar-refractivity contribution is 0.415. The molecule has 0 amide bonds. The highest BCUT2D eigenvalue weighted by Gasteiger charge is 2.07. The topological polar surface area (TPSA) is 35.0 Å². The minimum atomic E-state index is 0.429. The quantitative estimate of drug-likeness (QED) is 0.636. The summed E-state index contributed by atoms with van der Waals surface area (Å²) in [6, 6.07) is 12.2. The molecule has 0 aliphatic rings. The lowest BCUT2D eigenvalue weighted by Gasteiger charge is -2.08. The zero-order chi connectivity index (χ0) is 14.8. The van der Waals surface area contributed by atoms with E-state index in [-0.39, 0.29) is 0 Å². The van der Waals surface area contributed by atoms with Crippen molar-refractivity contribution in [3.05, 3.63) is 63.6 Å². The number of fused-ring (bicyclic) bond motifs is 1. The van der Waals surface area contributed by atoms with E-state index >= 15 is 0 Å². The maximum Gasteiger partial charge on any atom is 0.146 e. The van der Waals surface area contributed by atoms with Crippen LogP contribution in [0.3, 0.4) is 0 Å². The van der Waals surface area contributed by atoms with Crippen molar-refractivity contribution in [3.63, 3.8) is 0 Å². The largest absolute Gasteiger partial charge is 0.497 e. The van der Waals surface area contributed by atoms with Gasteiger partial charge < -0.3 is 4.74 Å². The molecule has 3 rings (SSSR count). The van der Waals surface area contributed by atoms with E-state index in [1.54, 1.807) is 13.3 Å². The molecular weight excluding hydrogens is 352 g/mol. The first-order valence-corrected chi connectivity index (χ1v) is 7.57. The number of benzene rings is 2. The van der Waals surface area contributed by atoms with Gasteiger partial charge in [0.05, 0.1) is 11.6 Å². The highest BCUT2D eigenvalue weighted by atomic mass is 79.9. The molecule has 0 spiro atoms. The first-order chi connectivity index (χ1) is 10.2. The minimum absolute atomic E-state index is 0.429. The van der Waals surface area contributed by atoms with Gasteiger partial charge in [-0.15, -0.1) is 0 Å². The van der Waals surface area contributed by atoms with Gasteiger partial charge in [-0.3, -0.25) is 0 Å². The molecule has 0 N–H and O–H groups in total. The predicted molar refractivity (Wildman–Crippen MR) is 88.0 cm³/mol. The number of nitrogens with zero attached hydrogens (tertiary/aromatic N) is 2. The smallest absolute Gasteiger partial charge is 0.146 e. The Bertz CT molecular complexity index is 807. The molecule has 21 heavy (non-hydrogen) atoms. The standard InChI is InChI=1S/C16H12BrClN2O/c1-21-12-6-5-10-3-2-4-11(13(10)8-12)7-15-19-9-14(17)16(18)20-15/h2-6,8-9H,7H2,1H3. The number of methoxy groups -OCH3 is 1. The van der Waals surface area contributed by atoms with Crippen LogP contribution in [0.15, 0.2) is 47.1 Å². The van der Waals surface area contributed by atoms with E-state index in [2.05, 4.69) is 38.0 Å². The first kappa shape index (κ1) is 14.3. The van der Waals surface area contributed by atoms with E-state index in [0.29, 0.717) is 21.9 Å². The normalized spacial score (nSPS) is 10.8. The van der Waals surface area contributed by atoms with Gasteiger partial charge >= 0.3 is 0 Å². The number of rotatable bonds is 3. The van der Waals surface area contributed by atoms with E-state index in [9.17, 15) is 0 Å². The number of hydrogen-bond acceptors (Lipinski definition) is 3. The second-order valence-electron chi connectivity index (χ2n) is 4.61. The number of aromatic nitrogens is 2. The van der Waals surface area contributed by atoms with Gasteiger partial charge in [0.15, 0.2) is 0 Å². The molecule has 0 fully saturated rings. The Kier molecular flexibility index (Phi) is 4.08. The fraction of sp³-hybridized carbons (Fsp3) is 0.125. The minimum Gasteiger partial charge on any atom is -0.497 e. The molecule has 0 unspecified atom stereocenters. The van der Waals surface area contributed by atoms with Crippen molar-refractivity contribution >= 4 is 38.3 Å². The van der Waals surface area contributed by atoms with Crippen LogP contribution in [0.5, 0.6) is 5.75 Å². The van der Waals surface area contributed by atoms with Gasteiger partial charge in [-0.25, -0.2) is 9.97 Å². The molecule has 1 heterocycles. The van der Waals surface area contributed by atoms with Crippen molar-refractivity contribution in [2.24, 2.45) is 0 Å². The van der Waals surface area contributed by atoms with Gasteiger partial charge in [0, 0.05) is 12.6 Å². The van der Waals surface area contributed by atoms with Crippen LogP contribution < -0.4 is 4.74 Å². The summed E-state index contributed by atoms with van der Waals surface area (Å²) < 4.78 is 6.01. The number of halogens is 2. The molecule has 106 valence electrons. The van der Waals surface area contributed by atoms with Crippen molar-refractivity contribution in [1.29, 1.82) is 0 Å².